The standard InChI is InChI=1S/C20H21N5O2S2/c1-3-10-25(12-17-22-23-19(27-17)16-9-6-11-28-16)18(26)13-29-20-21-14-7-4-5-8-15(14)24(20)2/h4-9,11H,3,10,12-13H2,1-2H3. The van der Waals surface area contributed by atoms with Crippen LogP contribution in [0.2, 0.25) is 0 Å². The summed E-state index contributed by atoms with van der Waals surface area (Å²) >= 11 is 2.99. The van der Waals surface area contributed by atoms with Crippen molar-refractivity contribution in [3.05, 3.63) is 47.7 Å². The zero-order chi connectivity index (χ0) is 20.2. The van der Waals surface area contributed by atoms with Crippen LogP contribution in [0.25, 0.3) is 21.8 Å². The molecule has 0 aliphatic heterocycles. The van der Waals surface area contributed by atoms with Crippen molar-refractivity contribution >= 4 is 40.0 Å². The fourth-order valence-electron chi connectivity index (χ4n) is 3.01. The Morgan fingerprint density at radius 2 is 2.10 bits per heavy atom. The van der Waals surface area contributed by atoms with Crippen LogP contribution in [0, 0.1) is 0 Å². The van der Waals surface area contributed by atoms with Gasteiger partial charge < -0.3 is 13.9 Å². The van der Waals surface area contributed by atoms with E-state index in [-0.39, 0.29) is 5.91 Å². The molecule has 0 fully saturated rings. The second kappa shape index (κ2) is 8.79. The number of imidazole rings is 1. The van der Waals surface area contributed by atoms with Gasteiger partial charge in [-0.2, -0.15) is 0 Å². The molecule has 29 heavy (non-hydrogen) atoms. The molecule has 150 valence electrons. The number of para-hydroxylation sites is 2. The minimum atomic E-state index is 0.0276. The van der Waals surface area contributed by atoms with Gasteiger partial charge in [0.15, 0.2) is 5.16 Å². The molecule has 0 radical (unpaired) electrons. The lowest BCUT2D eigenvalue weighted by molar-refractivity contribution is -0.129. The number of hydrogen-bond acceptors (Lipinski definition) is 7. The lowest BCUT2D eigenvalue weighted by Crippen LogP contribution is -2.32. The maximum atomic E-state index is 12.9. The first-order valence-corrected chi connectivity index (χ1v) is 11.2. The van der Waals surface area contributed by atoms with Crippen LogP contribution in [-0.4, -0.2) is 42.9 Å². The summed E-state index contributed by atoms with van der Waals surface area (Å²) in [6.45, 7) is 3.00. The van der Waals surface area contributed by atoms with Gasteiger partial charge in [0.25, 0.3) is 5.89 Å². The van der Waals surface area contributed by atoms with Crippen LogP contribution in [0.5, 0.6) is 0 Å². The molecule has 0 bridgehead atoms. The summed E-state index contributed by atoms with van der Waals surface area (Å²) in [7, 11) is 1.97. The molecule has 4 aromatic rings. The van der Waals surface area contributed by atoms with Crippen LogP contribution >= 0.6 is 23.1 Å². The van der Waals surface area contributed by atoms with E-state index in [2.05, 4.69) is 15.2 Å². The number of hydrogen-bond donors (Lipinski definition) is 0. The zero-order valence-corrected chi connectivity index (χ0v) is 17.9. The summed E-state index contributed by atoms with van der Waals surface area (Å²) in [5.41, 5.74) is 1.99. The number of aryl methyl sites for hydroxylation is 1. The molecule has 4 rings (SSSR count). The topological polar surface area (TPSA) is 77.1 Å². The van der Waals surface area contributed by atoms with Crippen LogP contribution < -0.4 is 0 Å². The first-order chi connectivity index (χ1) is 14.2. The van der Waals surface area contributed by atoms with E-state index in [0.29, 0.717) is 30.6 Å². The second-order valence-electron chi connectivity index (χ2n) is 6.52. The molecule has 0 unspecified atom stereocenters. The number of aromatic nitrogens is 4. The highest BCUT2D eigenvalue weighted by Crippen LogP contribution is 2.25. The quantitative estimate of drug-likeness (QED) is 0.392. The van der Waals surface area contributed by atoms with Crippen LogP contribution in [0.3, 0.4) is 0 Å². The van der Waals surface area contributed by atoms with E-state index >= 15 is 0 Å². The smallest absolute Gasteiger partial charge is 0.257 e. The van der Waals surface area contributed by atoms with Gasteiger partial charge in [0.1, 0.15) is 0 Å². The molecule has 3 heterocycles. The van der Waals surface area contributed by atoms with Crippen molar-refractivity contribution in [3.63, 3.8) is 0 Å². The molecule has 9 heteroatoms. The Labute approximate surface area is 176 Å². The third-order valence-electron chi connectivity index (χ3n) is 4.44. The molecule has 3 aromatic heterocycles. The van der Waals surface area contributed by atoms with Crippen molar-refractivity contribution in [1.29, 1.82) is 0 Å². The number of carbonyl (C=O) groups excluding carboxylic acids is 1. The summed E-state index contributed by atoms with van der Waals surface area (Å²) in [6.07, 6.45) is 0.856. The van der Waals surface area contributed by atoms with Crippen molar-refractivity contribution in [2.45, 2.75) is 25.0 Å². The summed E-state index contributed by atoms with van der Waals surface area (Å²) in [5.74, 6) is 1.28. The Morgan fingerprint density at radius 3 is 2.86 bits per heavy atom. The zero-order valence-electron chi connectivity index (χ0n) is 16.2. The summed E-state index contributed by atoms with van der Waals surface area (Å²) in [4.78, 5) is 20.2. The average Bonchev–Trinajstić information content (AvgIpc) is 3.47. The Hall–Kier alpha value is -2.65. The van der Waals surface area contributed by atoms with E-state index in [9.17, 15) is 4.79 Å². The Bertz CT molecular complexity index is 1100. The molecule has 0 aliphatic carbocycles. The number of fused-ring (bicyclic) bond motifs is 1. The number of thiophene rings is 1. The molecular weight excluding hydrogens is 406 g/mol. The van der Waals surface area contributed by atoms with Gasteiger partial charge in [0.2, 0.25) is 11.8 Å². The predicted molar refractivity (Wildman–Crippen MR) is 115 cm³/mol. The lowest BCUT2D eigenvalue weighted by atomic mass is 10.3. The van der Waals surface area contributed by atoms with Crippen molar-refractivity contribution in [1.82, 2.24) is 24.6 Å². The van der Waals surface area contributed by atoms with Gasteiger partial charge in [-0.3, -0.25) is 4.79 Å². The SMILES string of the molecule is CCCN(Cc1nnc(-c2cccs2)o1)C(=O)CSc1nc2ccccc2n1C. The molecular formula is C20H21N5O2S2. The average molecular weight is 428 g/mol. The second-order valence-corrected chi connectivity index (χ2v) is 8.41. The molecule has 0 spiro atoms. The number of benzene rings is 1. The van der Waals surface area contributed by atoms with Crippen LogP contribution in [0.1, 0.15) is 19.2 Å². The molecule has 0 saturated carbocycles. The molecule has 1 aromatic carbocycles. The highest BCUT2D eigenvalue weighted by atomic mass is 32.2. The predicted octanol–water partition coefficient (Wildman–Crippen LogP) is 4.22. The van der Waals surface area contributed by atoms with E-state index < -0.39 is 0 Å². The van der Waals surface area contributed by atoms with Crippen molar-refractivity contribution in [3.8, 4) is 10.8 Å². The fourth-order valence-corrected chi connectivity index (χ4v) is 4.55. The first kappa shape index (κ1) is 19.7. The first-order valence-electron chi connectivity index (χ1n) is 9.34. The minimum Gasteiger partial charge on any atom is -0.418 e. The molecule has 0 atom stereocenters. The van der Waals surface area contributed by atoms with Crippen molar-refractivity contribution < 1.29 is 9.21 Å². The third-order valence-corrected chi connectivity index (χ3v) is 6.31. The van der Waals surface area contributed by atoms with Gasteiger partial charge in [0.05, 0.1) is 28.2 Å². The van der Waals surface area contributed by atoms with E-state index in [1.165, 1.54) is 11.8 Å². The van der Waals surface area contributed by atoms with E-state index in [1.807, 2.05) is 60.3 Å². The monoisotopic (exact) mass is 427 g/mol. The van der Waals surface area contributed by atoms with E-state index in [0.717, 1.165) is 27.5 Å². The van der Waals surface area contributed by atoms with Crippen molar-refractivity contribution in [2.75, 3.05) is 12.3 Å². The minimum absolute atomic E-state index is 0.0276. The van der Waals surface area contributed by atoms with E-state index in [4.69, 9.17) is 4.42 Å². The van der Waals surface area contributed by atoms with Gasteiger partial charge in [-0.1, -0.05) is 36.9 Å². The van der Waals surface area contributed by atoms with E-state index in [1.54, 1.807) is 16.2 Å². The maximum Gasteiger partial charge on any atom is 0.257 e. The molecule has 0 saturated heterocycles. The molecule has 1 amide bonds. The normalized spacial score (nSPS) is 11.2. The highest BCUT2D eigenvalue weighted by Gasteiger charge is 2.19. The van der Waals surface area contributed by atoms with Gasteiger partial charge in [-0.25, -0.2) is 4.98 Å². The Morgan fingerprint density at radius 1 is 1.24 bits per heavy atom. The van der Waals surface area contributed by atoms with Gasteiger partial charge >= 0.3 is 0 Å². The van der Waals surface area contributed by atoms with Crippen LogP contribution in [0.15, 0.2) is 51.4 Å². The third kappa shape index (κ3) is 4.35. The lowest BCUT2D eigenvalue weighted by Gasteiger charge is -2.20. The maximum absolute atomic E-state index is 12.9. The summed E-state index contributed by atoms with van der Waals surface area (Å²) in [5, 5.41) is 11.0. The number of rotatable bonds is 8. The van der Waals surface area contributed by atoms with Crippen LogP contribution in [0.4, 0.5) is 0 Å². The van der Waals surface area contributed by atoms with Crippen molar-refractivity contribution in [2.24, 2.45) is 7.05 Å². The molecule has 0 aliphatic rings. The summed E-state index contributed by atoms with van der Waals surface area (Å²) in [6, 6.07) is 11.8. The van der Waals surface area contributed by atoms with Crippen LogP contribution in [-0.2, 0) is 18.4 Å². The summed E-state index contributed by atoms with van der Waals surface area (Å²) < 4.78 is 7.76. The van der Waals surface area contributed by atoms with Gasteiger partial charge in [0, 0.05) is 13.6 Å². The largest absolute Gasteiger partial charge is 0.418 e. The number of thioether (sulfide) groups is 1. The highest BCUT2D eigenvalue weighted by molar-refractivity contribution is 7.99. The molecule has 0 N–H and O–H groups in total. The Balaban J connectivity index is 1.42. The van der Waals surface area contributed by atoms with Gasteiger partial charge in [-0.05, 0) is 30.0 Å². The number of carbonyl (C=O) groups is 1. The fraction of sp³-hybridized carbons (Fsp3) is 0.300. The molecule has 7 nitrogen and oxygen atoms in total. The number of nitrogens with zero attached hydrogens (tertiary/aromatic N) is 5. The van der Waals surface area contributed by atoms with Gasteiger partial charge in [-0.15, -0.1) is 21.5 Å². The Kier molecular flexibility index (Phi) is 5.96. The number of amides is 1.